The van der Waals surface area contributed by atoms with E-state index in [2.05, 4.69) is 77.2 Å². The zero-order chi connectivity index (χ0) is 18.9. The van der Waals surface area contributed by atoms with Crippen molar-refractivity contribution >= 4 is 5.96 Å². The highest BCUT2D eigenvalue weighted by molar-refractivity contribution is 5.79. The molecule has 3 aromatic rings. The van der Waals surface area contributed by atoms with Crippen LogP contribution in [0.1, 0.15) is 23.6 Å². The zero-order valence-electron chi connectivity index (χ0n) is 16.0. The van der Waals surface area contributed by atoms with Gasteiger partial charge in [0.1, 0.15) is 0 Å². The molecule has 5 nitrogen and oxygen atoms in total. The highest BCUT2D eigenvalue weighted by Crippen LogP contribution is 2.08. The summed E-state index contributed by atoms with van der Waals surface area (Å²) in [5.41, 5.74) is 4.75. The van der Waals surface area contributed by atoms with Crippen LogP contribution in [-0.4, -0.2) is 28.8 Å². The van der Waals surface area contributed by atoms with Crippen molar-refractivity contribution in [2.24, 2.45) is 4.99 Å². The fourth-order valence-corrected chi connectivity index (χ4v) is 2.86. The number of rotatable bonds is 7. The second-order valence-electron chi connectivity index (χ2n) is 6.49. The van der Waals surface area contributed by atoms with Gasteiger partial charge in [-0.1, -0.05) is 48.0 Å². The first-order valence-electron chi connectivity index (χ1n) is 9.41. The second-order valence-corrected chi connectivity index (χ2v) is 6.49. The Morgan fingerprint density at radius 2 is 1.89 bits per heavy atom. The normalized spacial score (nSPS) is 11.4. The van der Waals surface area contributed by atoms with Crippen LogP contribution >= 0.6 is 0 Å². The van der Waals surface area contributed by atoms with E-state index in [1.54, 1.807) is 0 Å². The van der Waals surface area contributed by atoms with Gasteiger partial charge in [-0.15, -0.1) is 0 Å². The van der Waals surface area contributed by atoms with Gasteiger partial charge in [0.25, 0.3) is 0 Å². The Labute approximate surface area is 161 Å². The van der Waals surface area contributed by atoms with Crippen LogP contribution in [0.15, 0.2) is 72.0 Å². The number of nitrogens with zero attached hydrogens (tertiary/aromatic N) is 3. The Morgan fingerprint density at radius 3 is 2.67 bits per heavy atom. The molecular weight excluding hydrogens is 334 g/mol. The number of aryl methyl sites for hydroxylation is 1. The lowest BCUT2D eigenvalue weighted by molar-refractivity contribution is 0.799. The van der Waals surface area contributed by atoms with E-state index >= 15 is 0 Å². The van der Waals surface area contributed by atoms with Crippen LogP contribution in [0.4, 0.5) is 0 Å². The monoisotopic (exact) mass is 361 g/mol. The predicted molar refractivity (Wildman–Crippen MR) is 111 cm³/mol. The number of aliphatic imine (C=N–C) groups is 1. The summed E-state index contributed by atoms with van der Waals surface area (Å²) < 4.78 is 1.91. The average Bonchev–Trinajstić information content (AvgIpc) is 3.16. The molecule has 0 atom stereocenters. The first-order chi connectivity index (χ1) is 13.2. The maximum atomic E-state index is 4.68. The maximum absolute atomic E-state index is 4.68. The van der Waals surface area contributed by atoms with E-state index in [1.165, 1.54) is 16.7 Å². The highest BCUT2D eigenvalue weighted by Gasteiger charge is 2.02. The third-order valence-electron chi connectivity index (χ3n) is 4.21. The number of hydrogen-bond donors (Lipinski definition) is 2. The van der Waals surface area contributed by atoms with Crippen molar-refractivity contribution in [3.05, 3.63) is 83.7 Å². The van der Waals surface area contributed by atoms with Gasteiger partial charge in [-0.2, -0.15) is 5.10 Å². The number of hydrogen-bond acceptors (Lipinski definition) is 2. The minimum atomic E-state index is 0.670. The third-order valence-corrected chi connectivity index (χ3v) is 4.21. The zero-order valence-corrected chi connectivity index (χ0v) is 16.0. The lowest BCUT2D eigenvalue weighted by atomic mass is 10.1. The van der Waals surface area contributed by atoms with Gasteiger partial charge < -0.3 is 10.6 Å². The van der Waals surface area contributed by atoms with Gasteiger partial charge >= 0.3 is 0 Å². The summed E-state index contributed by atoms with van der Waals surface area (Å²) >= 11 is 0. The van der Waals surface area contributed by atoms with Gasteiger partial charge in [-0.25, -0.2) is 9.67 Å². The summed E-state index contributed by atoms with van der Waals surface area (Å²) in [6.45, 7) is 6.49. The van der Waals surface area contributed by atoms with Gasteiger partial charge in [-0.05, 0) is 43.5 Å². The molecular formula is C22H27N5. The van der Waals surface area contributed by atoms with E-state index in [-0.39, 0.29) is 0 Å². The lowest BCUT2D eigenvalue weighted by Crippen LogP contribution is -2.38. The summed E-state index contributed by atoms with van der Waals surface area (Å²) in [4.78, 5) is 4.68. The Hall–Kier alpha value is -3.08. The Morgan fingerprint density at radius 1 is 1.04 bits per heavy atom. The molecule has 1 aromatic heterocycles. The number of para-hydroxylation sites is 1. The van der Waals surface area contributed by atoms with Gasteiger partial charge in [-0.3, -0.25) is 0 Å². The SMILES string of the molecule is CCNC(=NCc1cccc(C)c1)NCCc1cnn(-c2ccccc2)c1. The lowest BCUT2D eigenvalue weighted by Gasteiger charge is -2.11. The van der Waals surface area contributed by atoms with Crippen molar-refractivity contribution in [2.45, 2.75) is 26.8 Å². The second kappa shape index (κ2) is 9.57. The molecule has 0 fully saturated rings. The van der Waals surface area contributed by atoms with Crippen molar-refractivity contribution in [1.82, 2.24) is 20.4 Å². The van der Waals surface area contributed by atoms with Crippen LogP contribution in [0.3, 0.4) is 0 Å². The summed E-state index contributed by atoms with van der Waals surface area (Å²) in [5.74, 6) is 0.842. The summed E-state index contributed by atoms with van der Waals surface area (Å²) in [7, 11) is 0. The standard InChI is InChI=1S/C22H27N5/c1-3-23-22(25-15-19-9-7-8-18(2)14-19)24-13-12-20-16-26-27(17-20)21-10-5-4-6-11-21/h4-11,14,16-17H,3,12-13,15H2,1-2H3,(H2,23,24,25). The summed E-state index contributed by atoms with van der Waals surface area (Å²) in [6, 6.07) is 18.6. The van der Waals surface area contributed by atoms with Crippen molar-refractivity contribution in [2.75, 3.05) is 13.1 Å². The number of guanidine groups is 1. The summed E-state index contributed by atoms with van der Waals surface area (Å²) in [6.07, 6.45) is 4.89. The van der Waals surface area contributed by atoms with Crippen LogP contribution in [0, 0.1) is 6.92 Å². The number of nitrogens with one attached hydrogen (secondary N) is 2. The molecule has 0 spiro atoms. The molecule has 0 aliphatic carbocycles. The molecule has 0 aliphatic rings. The van der Waals surface area contributed by atoms with Gasteiger partial charge in [0.2, 0.25) is 0 Å². The molecule has 0 bridgehead atoms. The highest BCUT2D eigenvalue weighted by atomic mass is 15.3. The molecule has 140 valence electrons. The van der Waals surface area contributed by atoms with Crippen LogP contribution in [0.25, 0.3) is 5.69 Å². The largest absolute Gasteiger partial charge is 0.357 e. The van der Waals surface area contributed by atoms with Crippen LogP contribution in [0.5, 0.6) is 0 Å². The molecule has 1 heterocycles. The first kappa shape index (κ1) is 18.7. The predicted octanol–water partition coefficient (Wildman–Crippen LogP) is 3.48. The molecule has 0 amide bonds. The molecule has 0 unspecified atom stereocenters. The van der Waals surface area contributed by atoms with Gasteiger partial charge in [0, 0.05) is 19.3 Å². The van der Waals surface area contributed by atoms with Crippen molar-refractivity contribution in [3.8, 4) is 5.69 Å². The minimum Gasteiger partial charge on any atom is -0.357 e. The Bertz CT molecular complexity index is 867. The number of benzene rings is 2. The quantitative estimate of drug-likeness (QED) is 0.500. The molecule has 5 heteroatoms. The molecule has 3 rings (SSSR count). The molecule has 0 saturated heterocycles. The molecule has 0 aliphatic heterocycles. The van der Waals surface area contributed by atoms with Crippen LogP contribution in [-0.2, 0) is 13.0 Å². The fraction of sp³-hybridized carbons (Fsp3) is 0.273. The minimum absolute atomic E-state index is 0.670. The van der Waals surface area contributed by atoms with E-state index < -0.39 is 0 Å². The Balaban J connectivity index is 1.54. The van der Waals surface area contributed by atoms with Crippen molar-refractivity contribution < 1.29 is 0 Å². The van der Waals surface area contributed by atoms with Crippen LogP contribution in [0.2, 0.25) is 0 Å². The van der Waals surface area contributed by atoms with Crippen LogP contribution < -0.4 is 10.6 Å². The van der Waals surface area contributed by atoms with Gasteiger partial charge in [0.05, 0.1) is 18.4 Å². The first-order valence-corrected chi connectivity index (χ1v) is 9.41. The molecule has 0 radical (unpaired) electrons. The van der Waals surface area contributed by atoms with E-state index in [0.29, 0.717) is 6.54 Å². The van der Waals surface area contributed by atoms with Gasteiger partial charge in [0.15, 0.2) is 5.96 Å². The third kappa shape index (κ3) is 5.71. The fourth-order valence-electron chi connectivity index (χ4n) is 2.86. The molecule has 0 saturated carbocycles. The number of aromatic nitrogens is 2. The topological polar surface area (TPSA) is 54.2 Å². The summed E-state index contributed by atoms with van der Waals surface area (Å²) in [5, 5.41) is 11.2. The molecule has 27 heavy (non-hydrogen) atoms. The van der Waals surface area contributed by atoms with E-state index in [0.717, 1.165) is 31.2 Å². The van der Waals surface area contributed by atoms with Crippen molar-refractivity contribution in [3.63, 3.8) is 0 Å². The molecule has 2 aromatic carbocycles. The average molecular weight is 361 g/mol. The molecule has 2 N–H and O–H groups in total. The maximum Gasteiger partial charge on any atom is 0.191 e. The van der Waals surface area contributed by atoms with E-state index in [9.17, 15) is 0 Å². The smallest absolute Gasteiger partial charge is 0.191 e. The van der Waals surface area contributed by atoms with E-state index in [4.69, 9.17) is 0 Å². The Kier molecular flexibility index (Phi) is 6.63. The van der Waals surface area contributed by atoms with E-state index in [1.807, 2.05) is 29.1 Å². The van der Waals surface area contributed by atoms with Crippen molar-refractivity contribution in [1.29, 1.82) is 0 Å².